The van der Waals surface area contributed by atoms with Gasteiger partial charge in [-0.3, -0.25) is 0 Å². The van der Waals surface area contributed by atoms with Crippen LogP contribution >= 0.6 is 0 Å². The third-order valence-electron chi connectivity index (χ3n) is 1.75. The average Bonchev–Trinajstić information content (AvgIpc) is 2.01. The SMILES string of the molecule is CCOC(=O)c1c(C)cc(C)oc1=O. The summed E-state index contributed by atoms with van der Waals surface area (Å²) in [5.41, 5.74) is -0.0735. The molecule has 0 aliphatic carbocycles. The Morgan fingerprint density at radius 2 is 2.14 bits per heavy atom. The molecule has 0 saturated heterocycles. The molecule has 0 aliphatic rings. The molecule has 0 amide bonds. The van der Waals surface area contributed by atoms with Crippen molar-refractivity contribution < 1.29 is 13.9 Å². The molecular formula is C10H12O4. The van der Waals surface area contributed by atoms with Crippen LogP contribution in [0.15, 0.2) is 15.3 Å². The van der Waals surface area contributed by atoms with Crippen LogP contribution in [0.1, 0.15) is 28.6 Å². The van der Waals surface area contributed by atoms with Gasteiger partial charge in [-0.2, -0.15) is 0 Å². The van der Waals surface area contributed by atoms with Crippen molar-refractivity contribution in [1.82, 2.24) is 0 Å². The largest absolute Gasteiger partial charge is 0.462 e. The molecule has 1 aromatic heterocycles. The third-order valence-corrected chi connectivity index (χ3v) is 1.75. The standard InChI is InChI=1S/C10H12O4/c1-4-13-9(11)8-6(2)5-7(3)14-10(8)12/h5H,4H2,1-3H3. The first-order valence-corrected chi connectivity index (χ1v) is 4.34. The first-order valence-electron chi connectivity index (χ1n) is 4.34. The van der Waals surface area contributed by atoms with Gasteiger partial charge in [-0.25, -0.2) is 9.59 Å². The van der Waals surface area contributed by atoms with E-state index in [0.717, 1.165) is 0 Å². The summed E-state index contributed by atoms with van der Waals surface area (Å²) < 4.78 is 9.53. The molecule has 0 bridgehead atoms. The van der Waals surface area contributed by atoms with Crippen LogP contribution in [0.2, 0.25) is 0 Å². The monoisotopic (exact) mass is 196 g/mol. The lowest BCUT2D eigenvalue weighted by molar-refractivity contribution is 0.0520. The summed E-state index contributed by atoms with van der Waals surface area (Å²) in [6.07, 6.45) is 0. The molecule has 4 heteroatoms. The van der Waals surface area contributed by atoms with E-state index in [0.29, 0.717) is 11.3 Å². The highest BCUT2D eigenvalue weighted by Gasteiger charge is 2.16. The number of hydrogen-bond acceptors (Lipinski definition) is 4. The van der Waals surface area contributed by atoms with Crippen molar-refractivity contribution in [2.45, 2.75) is 20.8 Å². The van der Waals surface area contributed by atoms with Gasteiger partial charge in [-0.15, -0.1) is 0 Å². The molecule has 4 nitrogen and oxygen atoms in total. The Balaban J connectivity index is 3.21. The number of rotatable bonds is 2. The zero-order valence-corrected chi connectivity index (χ0v) is 8.42. The molecule has 1 aromatic rings. The van der Waals surface area contributed by atoms with Crippen molar-refractivity contribution in [3.63, 3.8) is 0 Å². The van der Waals surface area contributed by atoms with Crippen molar-refractivity contribution in [3.05, 3.63) is 33.4 Å². The summed E-state index contributed by atoms with van der Waals surface area (Å²) in [4.78, 5) is 22.6. The van der Waals surface area contributed by atoms with Crippen molar-refractivity contribution >= 4 is 5.97 Å². The third kappa shape index (κ3) is 2.02. The van der Waals surface area contributed by atoms with Crippen LogP contribution in [-0.2, 0) is 4.74 Å². The molecule has 0 spiro atoms. The van der Waals surface area contributed by atoms with Gasteiger partial charge in [0.05, 0.1) is 6.61 Å². The zero-order chi connectivity index (χ0) is 10.7. The second-order valence-corrected chi connectivity index (χ2v) is 2.92. The molecule has 0 radical (unpaired) electrons. The van der Waals surface area contributed by atoms with Gasteiger partial charge in [-0.1, -0.05) is 0 Å². The number of hydrogen-bond donors (Lipinski definition) is 0. The van der Waals surface area contributed by atoms with Crippen LogP contribution in [0, 0.1) is 13.8 Å². The Kier molecular flexibility index (Phi) is 3.06. The Morgan fingerprint density at radius 3 is 2.64 bits per heavy atom. The fraction of sp³-hybridized carbons (Fsp3) is 0.400. The van der Waals surface area contributed by atoms with Crippen molar-refractivity contribution in [1.29, 1.82) is 0 Å². The van der Waals surface area contributed by atoms with Gasteiger partial charge < -0.3 is 9.15 Å². The minimum Gasteiger partial charge on any atom is -0.462 e. The second-order valence-electron chi connectivity index (χ2n) is 2.92. The predicted octanol–water partition coefficient (Wildman–Crippen LogP) is 1.43. The fourth-order valence-corrected chi connectivity index (χ4v) is 1.21. The minimum absolute atomic E-state index is 0.0162. The van der Waals surface area contributed by atoms with E-state index in [1.807, 2.05) is 0 Å². The highest BCUT2D eigenvalue weighted by atomic mass is 16.5. The average molecular weight is 196 g/mol. The Bertz CT molecular complexity index is 403. The number of carbonyl (C=O) groups is 1. The van der Waals surface area contributed by atoms with E-state index < -0.39 is 11.6 Å². The number of carbonyl (C=O) groups excluding carboxylic acids is 1. The number of esters is 1. The molecule has 0 saturated carbocycles. The lowest BCUT2D eigenvalue weighted by atomic mass is 10.1. The van der Waals surface area contributed by atoms with E-state index in [-0.39, 0.29) is 12.2 Å². The highest BCUT2D eigenvalue weighted by molar-refractivity contribution is 5.90. The zero-order valence-electron chi connectivity index (χ0n) is 8.42. The first-order chi connectivity index (χ1) is 6.56. The smallest absolute Gasteiger partial charge is 0.350 e. The van der Waals surface area contributed by atoms with E-state index in [1.165, 1.54) is 0 Å². The molecule has 0 N–H and O–H groups in total. The quantitative estimate of drug-likeness (QED) is 0.671. The molecular weight excluding hydrogens is 184 g/mol. The van der Waals surface area contributed by atoms with Crippen LogP contribution in [0.5, 0.6) is 0 Å². The summed E-state index contributed by atoms with van der Waals surface area (Å²) in [5, 5.41) is 0. The number of ether oxygens (including phenoxy) is 1. The van der Waals surface area contributed by atoms with E-state index in [9.17, 15) is 9.59 Å². The molecule has 1 heterocycles. The van der Waals surface area contributed by atoms with Gasteiger partial charge >= 0.3 is 11.6 Å². The van der Waals surface area contributed by atoms with E-state index >= 15 is 0 Å². The highest BCUT2D eigenvalue weighted by Crippen LogP contribution is 2.06. The maximum absolute atomic E-state index is 11.3. The Labute approximate surface area is 81.5 Å². The fourth-order valence-electron chi connectivity index (χ4n) is 1.21. The van der Waals surface area contributed by atoms with Crippen LogP contribution in [0.3, 0.4) is 0 Å². The van der Waals surface area contributed by atoms with E-state index in [1.54, 1.807) is 26.8 Å². The molecule has 76 valence electrons. The second kappa shape index (κ2) is 4.09. The van der Waals surface area contributed by atoms with Gasteiger partial charge in [0.15, 0.2) is 0 Å². The van der Waals surface area contributed by atoms with Gasteiger partial charge in [0, 0.05) is 0 Å². The van der Waals surface area contributed by atoms with E-state index in [2.05, 4.69) is 0 Å². The van der Waals surface area contributed by atoms with Gasteiger partial charge in [-0.05, 0) is 32.4 Å². The molecule has 0 unspecified atom stereocenters. The van der Waals surface area contributed by atoms with Crippen molar-refractivity contribution in [2.75, 3.05) is 6.61 Å². The minimum atomic E-state index is -0.638. The van der Waals surface area contributed by atoms with Gasteiger partial charge in [0.1, 0.15) is 11.3 Å². The van der Waals surface area contributed by atoms with E-state index in [4.69, 9.17) is 9.15 Å². The molecule has 0 aliphatic heterocycles. The molecule has 14 heavy (non-hydrogen) atoms. The Hall–Kier alpha value is -1.58. The lowest BCUT2D eigenvalue weighted by Gasteiger charge is -2.03. The van der Waals surface area contributed by atoms with Crippen LogP contribution < -0.4 is 5.63 Å². The molecule has 1 rings (SSSR count). The van der Waals surface area contributed by atoms with Crippen LogP contribution in [-0.4, -0.2) is 12.6 Å². The summed E-state index contributed by atoms with van der Waals surface area (Å²) >= 11 is 0. The molecule has 0 fully saturated rings. The molecule has 0 atom stereocenters. The first kappa shape index (κ1) is 10.5. The molecule has 0 aromatic carbocycles. The summed E-state index contributed by atoms with van der Waals surface area (Å²) in [7, 11) is 0. The Morgan fingerprint density at radius 1 is 1.50 bits per heavy atom. The maximum Gasteiger partial charge on any atom is 0.350 e. The van der Waals surface area contributed by atoms with Crippen LogP contribution in [0.25, 0.3) is 0 Å². The van der Waals surface area contributed by atoms with Crippen LogP contribution in [0.4, 0.5) is 0 Å². The number of aryl methyl sites for hydroxylation is 2. The van der Waals surface area contributed by atoms with Gasteiger partial charge in [0.25, 0.3) is 0 Å². The van der Waals surface area contributed by atoms with Crippen molar-refractivity contribution in [2.24, 2.45) is 0 Å². The predicted molar refractivity (Wildman–Crippen MR) is 50.4 cm³/mol. The summed E-state index contributed by atoms with van der Waals surface area (Å²) in [6.45, 7) is 5.26. The normalized spacial score (nSPS) is 9.93. The topological polar surface area (TPSA) is 56.5 Å². The summed E-state index contributed by atoms with van der Waals surface area (Å²) in [5.74, 6) is -0.140. The van der Waals surface area contributed by atoms with Gasteiger partial charge in [0.2, 0.25) is 0 Å². The summed E-state index contributed by atoms with van der Waals surface area (Å²) in [6, 6.07) is 1.63. The van der Waals surface area contributed by atoms with Crippen molar-refractivity contribution in [3.8, 4) is 0 Å². The lowest BCUT2D eigenvalue weighted by Crippen LogP contribution is -2.18. The maximum atomic E-state index is 11.3.